The van der Waals surface area contributed by atoms with Crippen LogP contribution in [-0.2, 0) is 17.9 Å². The fourth-order valence-corrected chi connectivity index (χ4v) is 3.65. The first-order chi connectivity index (χ1) is 13.1. The molecule has 0 amide bonds. The van der Waals surface area contributed by atoms with Crippen LogP contribution in [0.4, 0.5) is 15.8 Å². The van der Waals surface area contributed by atoms with Crippen LogP contribution in [0.25, 0.3) is 0 Å². The van der Waals surface area contributed by atoms with Gasteiger partial charge in [-0.25, -0.2) is 4.39 Å². The van der Waals surface area contributed by atoms with Crippen molar-refractivity contribution in [2.45, 2.75) is 13.2 Å². The molecule has 0 unspecified atom stereocenters. The highest BCUT2D eigenvalue weighted by Crippen LogP contribution is 2.32. The molecule has 1 saturated heterocycles. The molecule has 0 radical (unpaired) electrons. The average Bonchev–Trinajstić information content (AvgIpc) is 2.68. The molecular weight excluding hydrogens is 353 g/mol. The summed E-state index contributed by atoms with van der Waals surface area (Å²) in [4.78, 5) is 15.1. The average molecular weight is 373 g/mol. The molecule has 0 aromatic heterocycles. The summed E-state index contributed by atoms with van der Waals surface area (Å²) < 4.78 is 24.7. The summed E-state index contributed by atoms with van der Waals surface area (Å²) >= 11 is 0. The van der Waals surface area contributed by atoms with Gasteiger partial charge in [-0.2, -0.15) is 0 Å². The summed E-state index contributed by atoms with van der Waals surface area (Å²) in [7, 11) is 0. The van der Waals surface area contributed by atoms with Crippen LogP contribution in [0.5, 0.6) is 5.75 Å². The second kappa shape index (κ2) is 7.50. The van der Waals surface area contributed by atoms with Gasteiger partial charge in [-0.1, -0.05) is 12.1 Å². The predicted octanol–water partition coefficient (Wildman–Crippen LogP) is 2.92. The second-order valence-corrected chi connectivity index (χ2v) is 6.67. The first-order valence-electron chi connectivity index (χ1n) is 8.84. The number of nitrogens with zero attached hydrogens (tertiary/aromatic N) is 3. The van der Waals surface area contributed by atoms with E-state index >= 15 is 0 Å². The SMILES string of the molecule is O=[N+]([O-])c1ccccc1N1CCN(Cc2cc(F)cc3c2OCOC3)CC1. The lowest BCUT2D eigenvalue weighted by molar-refractivity contribution is -0.384. The molecule has 27 heavy (non-hydrogen) atoms. The van der Waals surface area contributed by atoms with Gasteiger partial charge in [-0.15, -0.1) is 0 Å². The molecule has 0 aliphatic carbocycles. The van der Waals surface area contributed by atoms with Crippen molar-refractivity contribution in [3.05, 3.63) is 63.5 Å². The predicted molar refractivity (Wildman–Crippen MR) is 97.3 cm³/mol. The molecule has 0 spiro atoms. The third-order valence-electron chi connectivity index (χ3n) is 4.94. The molecular formula is C19H20FN3O4. The molecule has 2 aromatic rings. The van der Waals surface area contributed by atoms with E-state index in [2.05, 4.69) is 4.90 Å². The first kappa shape index (κ1) is 17.7. The Hall–Kier alpha value is -2.71. The molecule has 4 rings (SSSR count). The molecule has 0 atom stereocenters. The molecule has 0 saturated carbocycles. The maximum Gasteiger partial charge on any atom is 0.292 e. The Labute approximate surface area is 156 Å². The van der Waals surface area contributed by atoms with Crippen molar-refractivity contribution in [3.8, 4) is 5.75 Å². The zero-order valence-electron chi connectivity index (χ0n) is 14.8. The molecule has 8 heteroatoms. The van der Waals surface area contributed by atoms with Crippen LogP contribution >= 0.6 is 0 Å². The third-order valence-corrected chi connectivity index (χ3v) is 4.94. The van der Waals surface area contributed by atoms with Gasteiger partial charge in [0, 0.05) is 49.9 Å². The second-order valence-electron chi connectivity index (χ2n) is 6.67. The van der Waals surface area contributed by atoms with E-state index in [-0.39, 0.29) is 23.2 Å². The topological polar surface area (TPSA) is 68.1 Å². The van der Waals surface area contributed by atoms with E-state index in [0.29, 0.717) is 37.7 Å². The standard InChI is InChI=1S/C19H20FN3O4/c20-16-9-14(19-15(10-16)12-26-13-27-19)11-21-5-7-22(8-6-21)17-3-1-2-4-18(17)23(24)25/h1-4,9-10H,5-8,11-13H2. The highest BCUT2D eigenvalue weighted by Gasteiger charge is 2.25. The molecule has 2 aliphatic rings. The number of para-hydroxylation sites is 2. The molecule has 142 valence electrons. The molecule has 2 aromatic carbocycles. The minimum Gasteiger partial charge on any atom is -0.467 e. The number of hydrogen-bond acceptors (Lipinski definition) is 6. The van der Waals surface area contributed by atoms with Crippen molar-refractivity contribution in [2.24, 2.45) is 0 Å². The molecule has 7 nitrogen and oxygen atoms in total. The Morgan fingerprint density at radius 2 is 1.93 bits per heavy atom. The zero-order valence-corrected chi connectivity index (χ0v) is 14.8. The van der Waals surface area contributed by atoms with Crippen LogP contribution in [0.3, 0.4) is 0 Å². The van der Waals surface area contributed by atoms with Crippen molar-refractivity contribution in [1.82, 2.24) is 4.90 Å². The highest BCUT2D eigenvalue weighted by atomic mass is 19.1. The van der Waals surface area contributed by atoms with E-state index < -0.39 is 0 Å². The lowest BCUT2D eigenvalue weighted by Crippen LogP contribution is -2.46. The van der Waals surface area contributed by atoms with Crippen molar-refractivity contribution in [3.63, 3.8) is 0 Å². The van der Waals surface area contributed by atoms with Gasteiger partial charge in [-0.3, -0.25) is 15.0 Å². The van der Waals surface area contributed by atoms with E-state index in [1.54, 1.807) is 12.1 Å². The van der Waals surface area contributed by atoms with Crippen LogP contribution in [0, 0.1) is 15.9 Å². The fourth-order valence-electron chi connectivity index (χ4n) is 3.65. The van der Waals surface area contributed by atoms with Gasteiger partial charge >= 0.3 is 0 Å². The van der Waals surface area contributed by atoms with E-state index in [4.69, 9.17) is 9.47 Å². The van der Waals surface area contributed by atoms with Gasteiger partial charge in [-0.05, 0) is 18.2 Å². The minimum atomic E-state index is -0.347. The summed E-state index contributed by atoms with van der Waals surface area (Å²) in [6.45, 7) is 3.91. The van der Waals surface area contributed by atoms with Gasteiger partial charge in [0.05, 0.1) is 11.5 Å². The smallest absolute Gasteiger partial charge is 0.292 e. The van der Waals surface area contributed by atoms with Crippen molar-refractivity contribution < 1.29 is 18.8 Å². The normalized spacial score (nSPS) is 17.3. The Kier molecular flexibility index (Phi) is 4.91. The summed E-state index contributed by atoms with van der Waals surface area (Å²) in [6, 6.07) is 9.76. The van der Waals surface area contributed by atoms with E-state index in [1.807, 2.05) is 11.0 Å². The minimum absolute atomic E-state index is 0.124. The van der Waals surface area contributed by atoms with Gasteiger partial charge in [0.15, 0.2) is 6.79 Å². The van der Waals surface area contributed by atoms with Gasteiger partial charge in [0.1, 0.15) is 17.3 Å². The lowest BCUT2D eigenvalue weighted by Gasteiger charge is -2.36. The molecule has 2 heterocycles. The van der Waals surface area contributed by atoms with E-state index in [1.165, 1.54) is 18.2 Å². The van der Waals surface area contributed by atoms with Crippen LogP contribution < -0.4 is 9.64 Å². The number of halogens is 1. The Bertz CT molecular complexity index is 853. The van der Waals surface area contributed by atoms with Crippen LogP contribution in [0.2, 0.25) is 0 Å². The largest absolute Gasteiger partial charge is 0.467 e. The maximum atomic E-state index is 13.9. The monoisotopic (exact) mass is 373 g/mol. The molecule has 0 N–H and O–H groups in total. The Morgan fingerprint density at radius 3 is 2.70 bits per heavy atom. The quantitative estimate of drug-likeness (QED) is 0.606. The number of rotatable bonds is 4. The zero-order chi connectivity index (χ0) is 18.8. The molecule has 1 fully saturated rings. The van der Waals surface area contributed by atoms with Crippen LogP contribution in [-0.4, -0.2) is 42.8 Å². The van der Waals surface area contributed by atoms with Crippen LogP contribution in [0.1, 0.15) is 11.1 Å². The number of hydrogen-bond donors (Lipinski definition) is 0. The highest BCUT2D eigenvalue weighted by molar-refractivity contribution is 5.63. The number of anilines is 1. The summed E-state index contributed by atoms with van der Waals surface area (Å²) in [6.07, 6.45) is 0. The summed E-state index contributed by atoms with van der Waals surface area (Å²) in [5.41, 5.74) is 2.31. The van der Waals surface area contributed by atoms with Gasteiger partial charge in [0.25, 0.3) is 5.69 Å². The summed E-state index contributed by atoms with van der Waals surface area (Å²) in [5.74, 6) is 0.417. The third kappa shape index (κ3) is 3.72. The number of ether oxygens (including phenoxy) is 2. The Balaban J connectivity index is 1.45. The number of piperazine rings is 1. The number of nitro groups is 1. The molecule has 0 bridgehead atoms. The van der Waals surface area contributed by atoms with E-state index in [9.17, 15) is 14.5 Å². The molecule has 2 aliphatic heterocycles. The number of fused-ring (bicyclic) bond motifs is 1. The number of nitro benzene ring substituents is 1. The maximum absolute atomic E-state index is 13.9. The fraction of sp³-hybridized carbons (Fsp3) is 0.368. The number of benzene rings is 2. The van der Waals surface area contributed by atoms with Gasteiger partial charge < -0.3 is 14.4 Å². The lowest BCUT2D eigenvalue weighted by atomic mass is 10.1. The van der Waals surface area contributed by atoms with Crippen LogP contribution in [0.15, 0.2) is 36.4 Å². The van der Waals surface area contributed by atoms with E-state index in [0.717, 1.165) is 24.2 Å². The van der Waals surface area contributed by atoms with Gasteiger partial charge in [0.2, 0.25) is 0 Å². The van der Waals surface area contributed by atoms with Crippen molar-refractivity contribution in [1.29, 1.82) is 0 Å². The summed E-state index contributed by atoms with van der Waals surface area (Å²) in [5, 5.41) is 11.2. The first-order valence-corrected chi connectivity index (χ1v) is 8.84. The van der Waals surface area contributed by atoms with Crippen molar-refractivity contribution >= 4 is 11.4 Å². The van der Waals surface area contributed by atoms with Crippen molar-refractivity contribution in [2.75, 3.05) is 37.9 Å². The Morgan fingerprint density at radius 1 is 1.15 bits per heavy atom.